The number of carbonyl (C=O) groups excluding carboxylic acids is 1. The highest BCUT2D eigenvalue weighted by molar-refractivity contribution is 5.85. The average molecular weight is 236 g/mol. The molecule has 0 heterocycles. The van der Waals surface area contributed by atoms with E-state index in [4.69, 9.17) is 0 Å². The first kappa shape index (κ1) is 14.0. The number of nitriles is 1. The quantitative estimate of drug-likeness (QED) is 0.801. The van der Waals surface area contributed by atoms with Gasteiger partial charge in [0.25, 0.3) is 0 Å². The molecular weight excluding hydrogens is 212 g/mol. The Bertz CT molecular complexity index is 316. The zero-order valence-electron chi connectivity index (χ0n) is 11.5. The van der Waals surface area contributed by atoms with E-state index in [1.807, 2.05) is 6.92 Å². The van der Waals surface area contributed by atoms with Gasteiger partial charge in [-0.3, -0.25) is 4.79 Å². The predicted molar refractivity (Wildman–Crippen MR) is 68.2 cm³/mol. The molecule has 0 aromatic rings. The molecule has 17 heavy (non-hydrogen) atoms. The number of carbonyl (C=O) groups is 1. The SMILES string of the molecule is CC(NC(=O)C1(C#N)CCCCC1)C(C)(C)C. The Morgan fingerprint density at radius 3 is 2.24 bits per heavy atom. The van der Waals surface area contributed by atoms with Crippen LogP contribution >= 0.6 is 0 Å². The molecule has 3 heteroatoms. The summed E-state index contributed by atoms with van der Waals surface area (Å²) in [5.74, 6) is -0.0675. The summed E-state index contributed by atoms with van der Waals surface area (Å²) in [4.78, 5) is 12.3. The number of nitrogens with zero attached hydrogens (tertiary/aromatic N) is 1. The van der Waals surface area contributed by atoms with Crippen LogP contribution in [-0.2, 0) is 4.79 Å². The van der Waals surface area contributed by atoms with E-state index in [1.165, 1.54) is 0 Å². The maximum absolute atomic E-state index is 12.3. The Balaban J connectivity index is 2.71. The van der Waals surface area contributed by atoms with Gasteiger partial charge in [-0.2, -0.15) is 5.26 Å². The summed E-state index contributed by atoms with van der Waals surface area (Å²) in [7, 11) is 0. The lowest BCUT2D eigenvalue weighted by atomic mass is 9.74. The number of rotatable bonds is 2. The third-order valence-corrected chi connectivity index (χ3v) is 4.00. The van der Waals surface area contributed by atoms with Gasteiger partial charge in [-0.25, -0.2) is 0 Å². The Hall–Kier alpha value is -1.04. The van der Waals surface area contributed by atoms with Crippen LogP contribution in [0.3, 0.4) is 0 Å². The van der Waals surface area contributed by atoms with E-state index in [0.717, 1.165) is 19.3 Å². The van der Waals surface area contributed by atoms with Crippen LogP contribution in [0.2, 0.25) is 0 Å². The maximum Gasteiger partial charge on any atom is 0.240 e. The van der Waals surface area contributed by atoms with Gasteiger partial charge in [0.05, 0.1) is 6.07 Å². The van der Waals surface area contributed by atoms with E-state index in [-0.39, 0.29) is 17.4 Å². The van der Waals surface area contributed by atoms with Gasteiger partial charge >= 0.3 is 0 Å². The monoisotopic (exact) mass is 236 g/mol. The van der Waals surface area contributed by atoms with Crippen molar-refractivity contribution in [2.24, 2.45) is 10.8 Å². The van der Waals surface area contributed by atoms with Crippen molar-refractivity contribution < 1.29 is 4.79 Å². The third-order valence-electron chi connectivity index (χ3n) is 4.00. The van der Waals surface area contributed by atoms with Crippen LogP contribution in [0.4, 0.5) is 0 Å². The highest BCUT2D eigenvalue weighted by Crippen LogP contribution is 2.36. The fraction of sp³-hybridized carbons (Fsp3) is 0.857. The van der Waals surface area contributed by atoms with Crippen molar-refractivity contribution in [3.8, 4) is 6.07 Å². The van der Waals surface area contributed by atoms with E-state index in [1.54, 1.807) is 0 Å². The zero-order chi connectivity index (χ0) is 13.1. The Morgan fingerprint density at radius 1 is 1.29 bits per heavy atom. The fourth-order valence-corrected chi connectivity index (χ4v) is 2.10. The van der Waals surface area contributed by atoms with Crippen LogP contribution in [-0.4, -0.2) is 11.9 Å². The Labute approximate surface area is 105 Å². The van der Waals surface area contributed by atoms with E-state index < -0.39 is 5.41 Å². The first-order chi connectivity index (χ1) is 7.82. The molecule has 1 fully saturated rings. The van der Waals surface area contributed by atoms with Gasteiger partial charge in [0.1, 0.15) is 5.41 Å². The van der Waals surface area contributed by atoms with Gasteiger partial charge in [-0.1, -0.05) is 40.0 Å². The highest BCUT2D eigenvalue weighted by atomic mass is 16.2. The van der Waals surface area contributed by atoms with Gasteiger partial charge in [-0.05, 0) is 25.2 Å². The molecule has 0 bridgehead atoms. The molecular formula is C14H24N2O. The van der Waals surface area contributed by atoms with Crippen molar-refractivity contribution in [1.29, 1.82) is 5.26 Å². The van der Waals surface area contributed by atoms with Gasteiger partial charge in [-0.15, -0.1) is 0 Å². The van der Waals surface area contributed by atoms with Crippen LogP contribution in [0.15, 0.2) is 0 Å². The van der Waals surface area contributed by atoms with Crippen molar-refractivity contribution in [2.45, 2.75) is 65.8 Å². The van der Waals surface area contributed by atoms with Crippen LogP contribution in [0.5, 0.6) is 0 Å². The molecule has 1 saturated carbocycles. The second-order valence-electron chi connectivity index (χ2n) is 6.32. The molecule has 0 aromatic carbocycles. The third kappa shape index (κ3) is 3.21. The normalized spacial score (nSPS) is 21.4. The number of hydrogen-bond donors (Lipinski definition) is 1. The molecule has 1 amide bonds. The topological polar surface area (TPSA) is 52.9 Å². The van der Waals surface area contributed by atoms with E-state index in [2.05, 4.69) is 32.2 Å². The maximum atomic E-state index is 12.3. The summed E-state index contributed by atoms with van der Waals surface area (Å²) in [6.45, 7) is 8.29. The molecule has 1 N–H and O–H groups in total. The minimum absolute atomic E-state index is 0.0287. The van der Waals surface area contributed by atoms with Gasteiger partial charge < -0.3 is 5.32 Å². The van der Waals surface area contributed by atoms with Crippen LogP contribution in [0.25, 0.3) is 0 Å². The van der Waals surface area contributed by atoms with Crippen LogP contribution < -0.4 is 5.32 Å². The lowest BCUT2D eigenvalue weighted by Gasteiger charge is -2.34. The summed E-state index contributed by atoms with van der Waals surface area (Å²) in [5.41, 5.74) is -0.737. The summed E-state index contributed by atoms with van der Waals surface area (Å²) in [5, 5.41) is 12.3. The molecule has 1 aliphatic carbocycles. The van der Waals surface area contributed by atoms with Crippen LogP contribution in [0.1, 0.15) is 59.8 Å². The molecule has 0 aliphatic heterocycles. The first-order valence-corrected chi connectivity index (χ1v) is 6.54. The minimum atomic E-state index is -0.766. The summed E-state index contributed by atoms with van der Waals surface area (Å²) in [6.07, 6.45) is 4.56. The van der Waals surface area contributed by atoms with Crippen molar-refractivity contribution in [3.63, 3.8) is 0 Å². The predicted octanol–water partition coefficient (Wildman–Crippen LogP) is 3.01. The average Bonchev–Trinajstić information content (AvgIpc) is 2.28. The van der Waals surface area contributed by atoms with Gasteiger partial charge in [0, 0.05) is 6.04 Å². The molecule has 1 aliphatic rings. The molecule has 3 nitrogen and oxygen atoms in total. The smallest absolute Gasteiger partial charge is 0.240 e. The number of hydrogen-bond acceptors (Lipinski definition) is 2. The van der Waals surface area contributed by atoms with E-state index >= 15 is 0 Å². The molecule has 1 unspecified atom stereocenters. The minimum Gasteiger partial charge on any atom is -0.352 e. The largest absolute Gasteiger partial charge is 0.352 e. The van der Waals surface area contributed by atoms with Crippen molar-refractivity contribution in [3.05, 3.63) is 0 Å². The summed E-state index contributed by atoms with van der Waals surface area (Å²) >= 11 is 0. The van der Waals surface area contributed by atoms with E-state index in [0.29, 0.717) is 12.8 Å². The van der Waals surface area contributed by atoms with Gasteiger partial charge in [0.2, 0.25) is 5.91 Å². The second kappa shape index (κ2) is 5.08. The van der Waals surface area contributed by atoms with Crippen molar-refractivity contribution >= 4 is 5.91 Å². The lowest BCUT2D eigenvalue weighted by molar-refractivity contribution is -0.131. The number of nitrogens with one attached hydrogen (secondary N) is 1. The summed E-state index contributed by atoms with van der Waals surface area (Å²) < 4.78 is 0. The lowest BCUT2D eigenvalue weighted by Crippen LogP contribution is -2.49. The number of amides is 1. The Morgan fingerprint density at radius 2 is 1.82 bits per heavy atom. The standard InChI is InChI=1S/C14H24N2O/c1-11(13(2,3)4)16-12(17)14(10-15)8-6-5-7-9-14/h11H,5-9H2,1-4H3,(H,16,17). The molecule has 96 valence electrons. The molecule has 1 rings (SSSR count). The van der Waals surface area contributed by atoms with Crippen molar-refractivity contribution in [2.75, 3.05) is 0 Å². The molecule has 0 spiro atoms. The zero-order valence-corrected chi connectivity index (χ0v) is 11.5. The fourth-order valence-electron chi connectivity index (χ4n) is 2.10. The molecule has 0 radical (unpaired) electrons. The highest BCUT2D eigenvalue weighted by Gasteiger charge is 2.41. The second-order valence-corrected chi connectivity index (χ2v) is 6.32. The van der Waals surface area contributed by atoms with Gasteiger partial charge in [0.15, 0.2) is 0 Å². The Kier molecular flexibility index (Phi) is 4.19. The molecule has 0 saturated heterocycles. The van der Waals surface area contributed by atoms with E-state index in [9.17, 15) is 10.1 Å². The summed E-state index contributed by atoms with van der Waals surface area (Å²) in [6, 6.07) is 2.35. The molecule has 0 aromatic heterocycles. The van der Waals surface area contributed by atoms with Crippen molar-refractivity contribution in [1.82, 2.24) is 5.32 Å². The first-order valence-electron chi connectivity index (χ1n) is 6.54. The molecule has 1 atom stereocenters. The van der Waals surface area contributed by atoms with Crippen LogP contribution in [0, 0.1) is 22.2 Å².